The number of para-hydroxylation sites is 1. The van der Waals surface area contributed by atoms with Crippen LogP contribution in [0.1, 0.15) is 36.8 Å². The summed E-state index contributed by atoms with van der Waals surface area (Å²) in [6.45, 7) is 2.07. The average Bonchev–Trinajstić information content (AvgIpc) is 3.39. The normalized spacial score (nSPS) is 29.3. The van der Waals surface area contributed by atoms with E-state index in [-0.39, 0.29) is 36.0 Å². The van der Waals surface area contributed by atoms with Crippen molar-refractivity contribution in [3.8, 4) is 11.5 Å². The van der Waals surface area contributed by atoms with Crippen LogP contribution in [0.5, 0.6) is 11.5 Å². The minimum atomic E-state index is -1.53. The van der Waals surface area contributed by atoms with Crippen LogP contribution in [-0.4, -0.2) is 45.6 Å². The predicted octanol–water partition coefficient (Wildman–Crippen LogP) is 5.00. The van der Waals surface area contributed by atoms with E-state index in [0.29, 0.717) is 27.4 Å². The molecule has 4 amide bonds. The number of carbonyl (C=O) groups is 4. The van der Waals surface area contributed by atoms with Crippen molar-refractivity contribution in [2.75, 3.05) is 11.5 Å². The van der Waals surface area contributed by atoms with Crippen LogP contribution in [0, 0.1) is 23.7 Å². The van der Waals surface area contributed by atoms with Gasteiger partial charge in [0.05, 0.1) is 35.5 Å². The Balaban J connectivity index is 1.53. The number of benzene rings is 3. The Kier molecular flexibility index (Phi) is 6.64. The summed E-state index contributed by atoms with van der Waals surface area (Å²) < 4.78 is 5.74. The van der Waals surface area contributed by atoms with E-state index in [1.807, 2.05) is 24.3 Å². The molecule has 224 valence electrons. The molecule has 0 bridgehead atoms. The second kappa shape index (κ2) is 10.3. The average molecular weight is 613 g/mol. The molecular weight excluding hydrogens is 584 g/mol. The highest BCUT2D eigenvalue weighted by molar-refractivity contribution is 6.32. The molecule has 6 atom stereocenters. The van der Waals surface area contributed by atoms with Gasteiger partial charge < -0.3 is 9.84 Å². The lowest BCUT2D eigenvalue weighted by atomic mass is 9.49. The summed E-state index contributed by atoms with van der Waals surface area (Å²) in [6, 6.07) is 20.6. The molecular formula is C34H29ClN2O7. The second-order valence-electron chi connectivity index (χ2n) is 11.7. The molecule has 2 aliphatic heterocycles. The number of halogens is 1. The monoisotopic (exact) mass is 612 g/mol. The van der Waals surface area contributed by atoms with Crippen LogP contribution in [-0.2, 0) is 24.6 Å². The van der Waals surface area contributed by atoms with Gasteiger partial charge in [0.1, 0.15) is 0 Å². The molecule has 4 aliphatic rings. The number of phenolic OH excluding ortho intramolecular Hbond substituents is 1. The van der Waals surface area contributed by atoms with Crippen molar-refractivity contribution in [3.05, 3.63) is 101 Å². The molecule has 7 rings (SSSR count). The Bertz CT molecular complexity index is 1760. The maximum absolute atomic E-state index is 15.1. The van der Waals surface area contributed by atoms with Crippen LogP contribution < -0.4 is 9.64 Å². The maximum atomic E-state index is 15.1. The summed E-state index contributed by atoms with van der Waals surface area (Å²) in [5.74, 6) is -6.54. The number of amides is 4. The fourth-order valence-electron chi connectivity index (χ4n) is 8.12. The molecule has 9 nitrogen and oxygen atoms in total. The highest BCUT2D eigenvalue weighted by Gasteiger charge is 2.70. The minimum absolute atomic E-state index is 0.0821. The van der Waals surface area contributed by atoms with E-state index in [2.05, 4.69) is 0 Å². The Hall–Kier alpha value is -4.47. The number of nitrogens with zero attached hydrogens (tertiary/aromatic N) is 2. The lowest BCUT2D eigenvalue weighted by Gasteiger charge is -2.50. The van der Waals surface area contributed by atoms with Gasteiger partial charge in [-0.15, -0.1) is 0 Å². The fourth-order valence-corrected chi connectivity index (χ4v) is 8.30. The van der Waals surface area contributed by atoms with Gasteiger partial charge in [-0.3, -0.25) is 24.4 Å². The van der Waals surface area contributed by atoms with E-state index in [1.165, 1.54) is 0 Å². The van der Waals surface area contributed by atoms with Crippen molar-refractivity contribution in [1.82, 2.24) is 5.06 Å². The minimum Gasteiger partial charge on any atom is -0.504 e. The molecule has 3 aromatic rings. The van der Waals surface area contributed by atoms with Gasteiger partial charge in [0.15, 0.2) is 11.5 Å². The van der Waals surface area contributed by atoms with Gasteiger partial charge in [-0.05, 0) is 55.5 Å². The smallest absolute Gasteiger partial charge is 0.257 e. The number of phenols is 1. The number of allylic oxidation sites excluding steroid dienone is 2. The van der Waals surface area contributed by atoms with Crippen molar-refractivity contribution in [1.29, 1.82) is 0 Å². The number of carbonyl (C=O) groups excluding carboxylic acids is 4. The predicted molar refractivity (Wildman–Crippen MR) is 159 cm³/mol. The van der Waals surface area contributed by atoms with Crippen LogP contribution in [0.4, 0.5) is 5.69 Å². The summed E-state index contributed by atoms with van der Waals surface area (Å²) >= 11 is 6.32. The SMILES string of the molecule is CCOc1cccc([C@H]2C3=CC[C@@H]4C(=O)N(O)C(=O)[C@@H]4[C@@H]3C[C@H]3C(=O)N(c4cccc(Cl)c4)C(=O)[C@@]23c2ccccc2)c1O. The van der Waals surface area contributed by atoms with Gasteiger partial charge in [0.25, 0.3) is 11.8 Å². The summed E-state index contributed by atoms with van der Waals surface area (Å²) in [5.41, 5.74) is 0.402. The van der Waals surface area contributed by atoms with Gasteiger partial charge >= 0.3 is 0 Å². The Morgan fingerprint density at radius 3 is 2.41 bits per heavy atom. The molecule has 2 N–H and O–H groups in total. The van der Waals surface area contributed by atoms with Gasteiger partial charge in [0, 0.05) is 16.5 Å². The first-order chi connectivity index (χ1) is 21.2. The first-order valence-electron chi connectivity index (χ1n) is 14.6. The summed E-state index contributed by atoms with van der Waals surface area (Å²) in [5, 5.41) is 22.6. The molecule has 2 saturated heterocycles. The standard InChI is InChI=1S/C34H29ClN2O7/c1-2-44-26-13-7-12-23(29(26)38)28-21-14-15-22-27(32(41)37(43)30(22)39)24(21)17-25-31(40)36(20-11-6-10-19(35)16-20)33(42)34(25,28)18-8-4-3-5-9-18/h3-14,16,22,24-25,27-28,38,43H,2,15,17H2,1H3/t22-,24+,25-,27-,28+,34+/m0/s1. The van der Waals surface area contributed by atoms with E-state index in [0.717, 1.165) is 4.90 Å². The van der Waals surface area contributed by atoms with Crippen molar-refractivity contribution < 1.29 is 34.2 Å². The summed E-state index contributed by atoms with van der Waals surface area (Å²) in [4.78, 5) is 57.1. The van der Waals surface area contributed by atoms with E-state index < -0.39 is 58.6 Å². The zero-order chi connectivity index (χ0) is 30.9. The second-order valence-corrected chi connectivity index (χ2v) is 12.1. The largest absolute Gasteiger partial charge is 0.504 e. The van der Waals surface area contributed by atoms with Crippen molar-refractivity contribution >= 4 is 40.9 Å². The molecule has 0 spiro atoms. The highest BCUT2D eigenvalue weighted by Crippen LogP contribution is 2.65. The number of ether oxygens (including phenoxy) is 1. The quantitative estimate of drug-likeness (QED) is 0.236. The Morgan fingerprint density at radius 2 is 1.68 bits per heavy atom. The number of hydroxylamine groups is 2. The number of rotatable bonds is 5. The van der Waals surface area contributed by atoms with E-state index >= 15 is 4.79 Å². The molecule has 0 radical (unpaired) electrons. The van der Waals surface area contributed by atoms with E-state index in [4.69, 9.17) is 16.3 Å². The topological polar surface area (TPSA) is 124 Å². The maximum Gasteiger partial charge on any atom is 0.257 e. The third-order valence-electron chi connectivity index (χ3n) is 9.78. The van der Waals surface area contributed by atoms with E-state index in [9.17, 15) is 24.7 Å². The van der Waals surface area contributed by atoms with Crippen LogP contribution in [0.25, 0.3) is 0 Å². The number of fused-ring (bicyclic) bond motifs is 4. The zero-order valence-corrected chi connectivity index (χ0v) is 24.5. The summed E-state index contributed by atoms with van der Waals surface area (Å²) in [6.07, 6.45) is 2.10. The molecule has 2 heterocycles. The first-order valence-corrected chi connectivity index (χ1v) is 15.0. The Morgan fingerprint density at radius 1 is 0.932 bits per heavy atom. The van der Waals surface area contributed by atoms with E-state index in [1.54, 1.807) is 61.5 Å². The molecule has 0 aromatic heterocycles. The van der Waals surface area contributed by atoms with Crippen LogP contribution in [0.2, 0.25) is 5.02 Å². The number of imide groups is 2. The summed E-state index contributed by atoms with van der Waals surface area (Å²) in [7, 11) is 0. The zero-order valence-electron chi connectivity index (χ0n) is 23.7. The first kappa shape index (κ1) is 28.3. The number of anilines is 1. The number of hydrogen-bond donors (Lipinski definition) is 2. The van der Waals surface area contributed by atoms with Crippen LogP contribution in [0.15, 0.2) is 84.4 Å². The van der Waals surface area contributed by atoms with Gasteiger partial charge in [-0.25, -0.2) is 4.90 Å². The molecule has 44 heavy (non-hydrogen) atoms. The Labute approximate surface area is 258 Å². The molecule has 2 aliphatic carbocycles. The fraction of sp³-hybridized carbons (Fsp3) is 0.294. The lowest BCUT2D eigenvalue weighted by Crippen LogP contribution is -2.53. The number of hydrogen-bond acceptors (Lipinski definition) is 7. The van der Waals surface area contributed by atoms with Crippen LogP contribution in [0.3, 0.4) is 0 Å². The highest BCUT2D eigenvalue weighted by atomic mass is 35.5. The third-order valence-corrected chi connectivity index (χ3v) is 10.0. The van der Waals surface area contributed by atoms with Crippen molar-refractivity contribution in [2.45, 2.75) is 31.1 Å². The molecule has 1 saturated carbocycles. The third kappa shape index (κ3) is 3.75. The van der Waals surface area contributed by atoms with Crippen molar-refractivity contribution in [3.63, 3.8) is 0 Å². The molecule has 3 fully saturated rings. The molecule has 0 unspecified atom stereocenters. The van der Waals surface area contributed by atoms with Crippen molar-refractivity contribution in [2.24, 2.45) is 23.7 Å². The molecule has 10 heteroatoms. The van der Waals surface area contributed by atoms with Crippen LogP contribution >= 0.6 is 11.6 Å². The number of aromatic hydroxyl groups is 1. The lowest BCUT2D eigenvalue weighted by molar-refractivity contribution is -0.173. The molecule has 3 aromatic carbocycles. The van der Waals surface area contributed by atoms with Gasteiger partial charge in [0.2, 0.25) is 11.8 Å². The van der Waals surface area contributed by atoms with Gasteiger partial charge in [-0.2, -0.15) is 5.06 Å². The van der Waals surface area contributed by atoms with Gasteiger partial charge in [-0.1, -0.05) is 71.8 Å².